The van der Waals surface area contributed by atoms with E-state index in [1.165, 1.54) is 42.6 Å². The number of halogens is 5. The molecule has 0 radical (unpaired) electrons. The van der Waals surface area contributed by atoms with Gasteiger partial charge in [0, 0.05) is 18.4 Å². The van der Waals surface area contributed by atoms with Gasteiger partial charge in [-0.1, -0.05) is 12.1 Å². The van der Waals surface area contributed by atoms with Crippen LogP contribution in [0.15, 0.2) is 65.8 Å². The van der Waals surface area contributed by atoms with E-state index in [0.29, 0.717) is 42.6 Å². The molecule has 0 atom stereocenters. The zero-order valence-corrected chi connectivity index (χ0v) is 20.2. The third kappa shape index (κ3) is 6.07. The van der Waals surface area contributed by atoms with E-state index in [1.54, 1.807) is 0 Å². The number of aliphatic hydroxyl groups is 1. The van der Waals surface area contributed by atoms with Crippen LogP contribution in [-0.4, -0.2) is 41.4 Å². The highest BCUT2D eigenvalue weighted by atomic mass is 32.2. The minimum atomic E-state index is -4.47. The Morgan fingerprint density at radius 3 is 2.14 bits per heavy atom. The number of nitrogens with one attached hydrogen (secondary N) is 1. The maximum Gasteiger partial charge on any atom is 0.417 e. The molecule has 0 spiro atoms. The van der Waals surface area contributed by atoms with E-state index in [9.17, 15) is 30.4 Å². The standard InChI is InChI=1S/C25H24F5N3O3S/c26-24(27,15-34)22-13-17(11-12-31-22)16-1-6-20(7-2-16)37(35,36)21-8-4-19(5-9-21)33-23-10-3-18(14-32-23)25(28,29)30/h1-3,6-7,10-14,19,21,34H,4-5,8-9,15H2,(H,32,33). The van der Waals surface area contributed by atoms with Gasteiger partial charge in [-0.25, -0.2) is 13.4 Å². The van der Waals surface area contributed by atoms with Gasteiger partial charge in [-0.05, 0) is 73.2 Å². The second kappa shape index (κ2) is 10.3. The molecule has 2 aromatic heterocycles. The van der Waals surface area contributed by atoms with Gasteiger partial charge >= 0.3 is 12.1 Å². The van der Waals surface area contributed by atoms with Gasteiger partial charge in [0.1, 0.15) is 18.1 Å². The van der Waals surface area contributed by atoms with Crippen LogP contribution in [0.2, 0.25) is 0 Å². The van der Waals surface area contributed by atoms with Crippen molar-refractivity contribution in [2.45, 2.75) is 54.0 Å². The molecule has 1 aliphatic rings. The van der Waals surface area contributed by atoms with E-state index in [-0.39, 0.29) is 10.9 Å². The first-order valence-corrected chi connectivity index (χ1v) is 13.0. The summed E-state index contributed by atoms with van der Waals surface area (Å²) in [5.41, 5.74) is -0.494. The molecule has 12 heteroatoms. The largest absolute Gasteiger partial charge is 0.417 e. The molecule has 3 aromatic rings. The number of anilines is 1. The van der Waals surface area contributed by atoms with E-state index in [2.05, 4.69) is 15.3 Å². The van der Waals surface area contributed by atoms with Gasteiger partial charge in [-0.2, -0.15) is 22.0 Å². The topological polar surface area (TPSA) is 92.2 Å². The Morgan fingerprint density at radius 1 is 0.892 bits per heavy atom. The number of hydrogen-bond donors (Lipinski definition) is 2. The highest BCUT2D eigenvalue weighted by Crippen LogP contribution is 2.33. The van der Waals surface area contributed by atoms with Crippen LogP contribution in [0.5, 0.6) is 0 Å². The molecule has 1 aromatic carbocycles. The molecule has 1 saturated carbocycles. The van der Waals surface area contributed by atoms with Crippen LogP contribution >= 0.6 is 0 Å². The first-order valence-electron chi connectivity index (χ1n) is 11.5. The van der Waals surface area contributed by atoms with Gasteiger partial charge in [0.25, 0.3) is 0 Å². The molecule has 0 unspecified atom stereocenters. The molecule has 0 amide bonds. The predicted octanol–water partition coefficient (Wildman–Crippen LogP) is 5.44. The zero-order valence-electron chi connectivity index (χ0n) is 19.4. The van der Waals surface area contributed by atoms with Crippen molar-refractivity contribution in [2.24, 2.45) is 0 Å². The lowest BCUT2D eigenvalue weighted by Crippen LogP contribution is -2.33. The predicted molar refractivity (Wildman–Crippen MR) is 127 cm³/mol. The number of pyridine rings is 2. The summed E-state index contributed by atoms with van der Waals surface area (Å²) in [6, 6.07) is 10.7. The molecular formula is C25H24F5N3O3S. The molecule has 6 nitrogen and oxygen atoms in total. The van der Waals surface area contributed by atoms with Crippen LogP contribution in [0.3, 0.4) is 0 Å². The molecular weight excluding hydrogens is 517 g/mol. The summed E-state index contributed by atoms with van der Waals surface area (Å²) in [6.45, 7) is -1.38. The van der Waals surface area contributed by atoms with E-state index in [4.69, 9.17) is 5.11 Å². The minimum Gasteiger partial charge on any atom is -0.390 e. The third-order valence-electron chi connectivity index (χ3n) is 6.41. The van der Waals surface area contributed by atoms with Crippen molar-refractivity contribution >= 4 is 15.7 Å². The number of hydrogen-bond acceptors (Lipinski definition) is 6. The van der Waals surface area contributed by atoms with Gasteiger partial charge in [0.15, 0.2) is 9.84 Å². The van der Waals surface area contributed by atoms with Gasteiger partial charge in [0.2, 0.25) is 0 Å². The normalized spacial score (nSPS) is 19.0. The summed E-state index contributed by atoms with van der Waals surface area (Å²) >= 11 is 0. The second-order valence-corrected chi connectivity index (χ2v) is 11.1. The average molecular weight is 542 g/mol. The summed E-state index contributed by atoms with van der Waals surface area (Å²) in [6.07, 6.45) is -0.768. The highest BCUT2D eigenvalue weighted by molar-refractivity contribution is 7.92. The fourth-order valence-electron chi connectivity index (χ4n) is 4.29. The summed E-state index contributed by atoms with van der Waals surface area (Å²) < 4.78 is 92.0. The van der Waals surface area contributed by atoms with Crippen molar-refractivity contribution in [3.63, 3.8) is 0 Å². The monoisotopic (exact) mass is 541 g/mol. The molecule has 4 rings (SSSR count). The molecule has 198 valence electrons. The van der Waals surface area contributed by atoms with E-state index < -0.39 is 45.1 Å². The molecule has 1 aliphatic carbocycles. The van der Waals surface area contributed by atoms with Crippen molar-refractivity contribution in [1.82, 2.24) is 9.97 Å². The lowest BCUT2D eigenvalue weighted by atomic mass is 9.95. The number of nitrogens with zero attached hydrogens (tertiary/aromatic N) is 2. The van der Waals surface area contributed by atoms with Crippen molar-refractivity contribution in [1.29, 1.82) is 0 Å². The van der Waals surface area contributed by atoms with Gasteiger partial charge in [-0.15, -0.1) is 0 Å². The Bertz CT molecular complexity index is 1320. The number of rotatable bonds is 7. The quantitative estimate of drug-likeness (QED) is 0.387. The SMILES string of the molecule is O=S(=O)(c1ccc(-c2ccnc(C(F)(F)CO)c2)cc1)C1CCC(Nc2ccc(C(F)(F)F)cn2)CC1. The Hall–Kier alpha value is -3.12. The lowest BCUT2D eigenvalue weighted by Gasteiger charge is -2.29. The summed E-state index contributed by atoms with van der Waals surface area (Å²) in [5, 5.41) is 11.3. The maximum atomic E-state index is 13.8. The number of sulfone groups is 1. The van der Waals surface area contributed by atoms with E-state index in [1.807, 2.05) is 0 Å². The first kappa shape index (κ1) is 26.9. The Labute approximate surface area is 210 Å². The molecule has 0 bridgehead atoms. The average Bonchev–Trinajstić information content (AvgIpc) is 2.89. The van der Waals surface area contributed by atoms with E-state index >= 15 is 0 Å². The number of aromatic nitrogens is 2. The number of aliphatic hydroxyl groups excluding tert-OH is 1. The van der Waals surface area contributed by atoms with Gasteiger partial charge < -0.3 is 10.4 Å². The smallest absolute Gasteiger partial charge is 0.390 e. The van der Waals surface area contributed by atoms with Crippen LogP contribution < -0.4 is 5.32 Å². The molecule has 0 saturated heterocycles. The van der Waals surface area contributed by atoms with Crippen molar-refractivity contribution in [3.05, 3.63) is 72.2 Å². The van der Waals surface area contributed by atoms with Gasteiger partial charge in [0.05, 0.1) is 15.7 Å². The number of benzene rings is 1. The summed E-state index contributed by atoms with van der Waals surface area (Å²) in [5.74, 6) is -3.19. The molecule has 1 fully saturated rings. The fraction of sp³-hybridized carbons (Fsp3) is 0.360. The van der Waals surface area contributed by atoms with Crippen molar-refractivity contribution < 1.29 is 35.5 Å². The molecule has 0 aliphatic heterocycles. The lowest BCUT2D eigenvalue weighted by molar-refractivity contribution is -0.137. The van der Waals surface area contributed by atoms with Crippen LogP contribution in [-0.2, 0) is 21.9 Å². The van der Waals surface area contributed by atoms with Crippen LogP contribution in [0.1, 0.15) is 36.9 Å². The van der Waals surface area contributed by atoms with Crippen molar-refractivity contribution in [3.8, 4) is 11.1 Å². The minimum absolute atomic E-state index is 0.115. The van der Waals surface area contributed by atoms with Crippen LogP contribution in [0.4, 0.5) is 27.8 Å². The molecule has 2 N–H and O–H groups in total. The Kier molecular flexibility index (Phi) is 7.52. The Morgan fingerprint density at radius 2 is 1.57 bits per heavy atom. The van der Waals surface area contributed by atoms with Gasteiger partial charge in [-0.3, -0.25) is 4.98 Å². The highest BCUT2D eigenvalue weighted by Gasteiger charge is 2.34. The maximum absolute atomic E-state index is 13.8. The summed E-state index contributed by atoms with van der Waals surface area (Å²) in [4.78, 5) is 7.53. The molecule has 2 heterocycles. The second-order valence-electron chi connectivity index (χ2n) is 8.91. The fourth-order valence-corrected chi connectivity index (χ4v) is 6.09. The summed E-state index contributed by atoms with van der Waals surface area (Å²) in [7, 11) is -3.65. The van der Waals surface area contributed by atoms with Crippen molar-refractivity contribution in [2.75, 3.05) is 11.9 Å². The molecule has 37 heavy (non-hydrogen) atoms. The third-order valence-corrected chi connectivity index (χ3v) is 8.68. The van der Waals surface area contributed by atoms with Crippen LogP contribution in [0.25, 0.3) is 11.1 Å². The van der Waals surface area contributed by atoms with E-state index in [0.717, 1.165) is 18.3 Å². The van der Waals surface area contributed by atoms with Crippen LogP contribution in [0, 0.1) is 0 Å². The zero-order chi connectivity index (χ0) is 26.8. The Balaban J connectivity index is 1.39. The first-order chi connectivity index (χ1) is 17.4. The number of alkyl halides is 5.